The van der Waals surface area contributed by atoms with Gasteiger partial charge < -0.3 is 10.2 Å². The first-order valence-corrected chi connectivity index (χ1v) is 6.90. The van der Waals surface area contributed by atoms with Crippen molar-refractivity contribution >= 4 is 11.6 Å². The Balaban J connectivity index is 1.87. The number of piperidine rings is 2. The average Bonchev–Trinajstić information content (AvgIpc) is 2.44. The smallest absolute Gasteiger partial charge is 0.233 e. The van der Waals surface area contributed by atoms with Crippen molar-refractivity contribution < 1.29 is 4.79 Å². The molecule has 3 nitrogen and oxygen atoms in total. The van der Waals surface area contributed by atoms with Crippen molar-refractivity contribution in [2.75, 3.05) is 24.5 Å². The standard InChI is InChI=1S/C15H20N2O/c18-14-15(8-10-16-11-9-15)7-4-12-17(14)13-5-2-1-3-6-13/h1-3,5-6,16H,4,7-12H2. The number of carbonyl (C=O) groups excluding carboxylic acids is 1. The van der Waals surface area contributed by atoms with E-state index in [1.165, 1.54) is 0 Å². The van der Waals surface area contributed by atoms with Crippen LogP contribution in [0.2, 0.25) is 0 Å². The van der Waals surface area contributed by atoms with E-state index < -0.39 is 0 Å². The third-order valence-corrected chi connectivity index (χ3v) is 4.36. The summed E-state index contributed by atoms with van der Waals surface area (Å²) >= 11 is 0. The second kappa shape index (κ2) is 4.73. The summed E-state index contributed by atoms with van der Waals surface area (Å²) < 4.78 is 0. The molecule has 1 spiro atoms. The molecule has 0 atom stereocenters. The van der Waals surface area contributed by atoms with Gasteiger partial charge in [-0.2, -0.15) is 0 Å². The normalized spacial score (nSPS) is 23.3. The van der Waals surface area contributed by atoms with Gasteiger partial charge in [0.2, 0.25) is 5.91 Å². The molecule has 2 aliphatic rings. The molecule has 0 saturated carbocycles. The number of benzene rings is 1. The molecule has 0 aliphatic carbocycles. The van der Waals surface area contributed by atoms with Crippen LogP contribution in [0.4, 0.5) is 5.69 Å². The van der Waals surface area contributed by atoms with Crippen LogP contribution in [0.25, 0.3) is 0 Å². The summed E-state index contributed by atoms with van der Waals surface area (Å²) in [6, 6.07) is 10.1. The van der Waals surface area contributed by atoms with Crippen molar-refractivity contribution in [1.82, 2.24) is 5.32 Å². The van der Waals surface area contributed by atoms with Crippen molar-refractivity contribution in [2.24, 2.45) is 5.41 Å². The van der Waals surface area contributed by atoms with Gasteiger partial charge in [0.15, 0.2) is 0 Å². The highest BCUT2D eigenvalue weighted by Gasteiger charge is 2.44. The van der Waals surface area contributed by atoms with Gasteiger partial charge in [0, 0.05) is 12.2 Å². The predicted molar refractivity (Wildman–Crippen MR) is 72.6 cm³/mol. The minimum Gasteiger partial charge on any atom is -0.317 e. The minimum atomic E-state index is -0.0840. The van der Waals surface area contributed by atoms with Crippen molar-refractivity contribution in [3.05, 3.63) is 30.3 Å². The lowest BCUT2D eigenvalue weighted by Gasteiger charge is -2.44. The lowest BCUT2D eigenvalue weighted by molar-refractivity contribution is -0.132. The molecule has 96 valence electrons. The summed E-state index contributed by atoms with van der Waals surface area (Å²) in [7, 11) is 0. The van der Waals surface area contributed by atoms with Crippen LogP contribution in [-0.4, -0.2) is 25.5 Å². The number of amides is 1. The molecule has 2 aliphatic heterocycles. The van der Waals surface area contributed by atoms with Gasteiger partial charge in [-0.25, -0.2) is 0 Å². The summed E-state index contributed by atoms with van der Waals surface area (Å²) in [6.45, 7) is 2.83. The van der Waals surface area contributed by atoms with Crippen LogP contribution in [-0.2, 0) is 4.79 Å². The van der Waals surface area contributed by atoms with Crippen LogP contribution < -0.4 is 10.2 Å². The van der Waals surface area contributed by atoms with E-state index in [2.05, 4.69) is 5.32 Å². The van der Waals surface area contributed by atoms with Gasteiger partial charge in [0.1, 0.15) is 0 Å². The Morgan fingerprint density at radius 2 is 1.78 bits per heavy atom. The van der Waals surface area contributed by atoms with Gasteiger partial charge in [-0.15, -0.1) is 0 Å². The van der Waals surface area contributed by atoms with Crippen LogP contribution in [0, 0.1) is 5.41 Å². The highest BCUT2D eigenvalue weighted by molar-refractivity contribution is 5.98. The summed E-state index contributed by atoms with van der Waals surface area (Å²) in [6.07, 6.45) is 4.18. The van der Waals surface area contributed by atoms with E-state index >= 15 is 0 Å². The molecule has 1 aromatic rings. The Kier molecular flexibility index (Phi) is 3.08. The molecule has 1 amide bonds. The van der Waals surface area contributed by atoms with Gasteiger partial charge in [-0.3, -0.25) is 4.79 Å². The largest absolute Gasteiger partial charge is 0.317 e. The highest BCUT2D eigenvalue weighted by atomic mass is 16.2. The van der Waals surface area contributed by atoms with E-state index in [0.717, 1.165) is 51.0 Å². The Morgan fingerprint density at radius 1 is 1.06 bits per heavy atom. The van der Waals surface area contributed by atoms with Crippen LogP contribution >= 0.6 is 0 Å². The van der Waals surface area contributed by atoms with E-state index in [1.54, 1.807) is 0 Å². The third kappa shape index (κ3) is 1.93. The fourth-order valence-electron chi connectivity index (χ4n) is 3.29. The van der Waals surface area contributed by atoms with Crippen molar-refractivity contribution in [3.63, 3.8) is 0 Å². The number of nitrogens with zero attached hydrogens (tertiary/aromatic N) is 1. The van der Waals surface area contributed by atoms with Crippen molar-refractivity contribution in [3.8, 4) is 0 Å². The van der Waals surface area contributed by atoms with E-state index in [0.29, 0.717) is 5.91 Å². The van der Waals surface area contributed by atoms with Crippen LogP contribution in [0.3, 0.4) is 0 Å². The first kappa shape index (κ1) is 11.7. The number of hydrogen-bond acceptors (Lipinski definition) is 2. The Labute approximate surface area is 108 Å². The molecule has 2 saturated heterocycles. The molecular formula is C15H20N2O. The van der Waals surface area contributed by atoms with Crippen LogP contribution in [0.1, 0.15) is 25.7 Å². The second-order valence-corrected chi connectivity index (χ2v) is 5.43. The molecule has 3 heteroatoms. The molecular weight excluding hydrogens is 224 g/mol. The summed E-state index contributed by atoms with van der Waals surface area (Å²) in [4.78, 5) is 14.8. The van der Waals surface area contributed by atoms with Gasteiger partial charge in [0.05, 0.1) is 5.41 Å². The number of carbonyl (C=O) groups is 1. The van der Waals surface area contributed by atoms with Crippen LogP contribution in [0.15, 0.2) is 30.3 Å². The third-order valence-electron chi connectivity index (χ3n) is 4.36. The minimum absolute atomic E-state index is 0.0840. The Morgan fingerprint density at radius 3 is 2.50 bits per heavy atom. The maximum atomic E-state index is 12.8. The molecule has 3 rings (SSSR count). The van der Waals surface area contributed by atoms with Gasteiger partial charge in [0.25, 0.3) is 0 Å². The van der Waals surface area contributed by atoms with Gasteiger partial charge in [-0.1, -0.05) is 18.2 Å². The lowest BCUT2D eigenvalue weighted by atomic mass is 9.72. The molecule has 0 radical (unpaired) electrons. The van der Waals surface area contributed by atoms with Crippen LogP contribution in [0.5, 0.6) is 0 Å². The second-order valence-electron chi connectivity index (χ2n) is 5.43. The van der Waals surface area contributed by atoms with Gasteiger partial charge in [-0.05, 0) is 50.9 Å². The van der Waals surface area contributed by atoms with E-state index in [4.69, 9.17) is 0 Å². The van der Waals surface area contributed by atoms with E-state index in [-0.39, 0.29) is 5.41 Å². The fourth-order valence-corrected chi connectivity index (χ4v) is 3.29. The zero-order valence-electron chi connectivity index (χ0n) is 10.7. The summed E-state index contributed by atoms with van der Waals surface area (Å²) in [5, 5.41) is 3.36. The fraction of sp³-hybridized carbons (Fsp3) is 0.533. The molecule has 0 bridgehead atoms. The number of hydrogen-bond donors (Lipinski definition) is 1. The Hall–Kier alpha value is -1.35. The average molecular weight is 244 g/mol. The zero-order chi connectivity index (χ0) is 12.4. The quantitative estimate of drug-likeness (QED) is 0.821. The molecule has 0 unspecified atom stereocenters. The van der Waals surface area contributed by atoms with Crippen molar-refractivity contribution in [2.45, 2.75) is 25.7 Å². The molecule has 2 fully saturated rings. The van der Waals surface area contributed by atoms with Gasteiger partial charge >= 0.3 is 0 Å². The zero-order valence-corrected chi connectivity index (χ0v) is 10.7. The van der Waals surface area contributed by atoms with Crippen molar-refractivity contribution in [1.29, 1.82) is 0 Å². The lowest BCUT2D eigenvalue weighted by Crippen LogP contribution is -2.53. The van der Waals surface area contributed by atoms with E-state index in [9.17, 15) is 4.79 Å². The van der Waals surface area contributed by atoms with E-state index in [1.807, 2.05) is 35.2 Å². The maximum absolute atomic E-state index is 12.8. The molecule has 1 aromatic carbocycles. The highest BCUT2D eigenvalue weighted by Crippen LogP contribution is 2.40. The predicted octanol–water partition coefficient (Wildman–Crippen LogP) is 2.18. The Bertz CT molecular complexity index is 418. The molecule has 1 N–H and O–H groups in total. The maximum Gasteiger partial charge on any atom is 0.233 e. The summed E-state index contributed by atoms with van der Waals surface area (Å²) in [5.74, 6) is 0.349. The summed E-state index contributed by atoms with van der Waals surface area (Å²) in [5.41, 5.74) is 0.972. The molecule has 0 aromatic heterocycles. The monoisotopic (exact) mass is 244 g/mol. The molecule has 2 heterocycles. The number of anilines is 1. The number of rotatable bonds is 1. The SMILES string of the molecule is O=C1N(c2ccccc2)CCCC12CCNCC2. The number of nitrogens with one attached hydrogen (secondary N) is 1. The topological polar surface area (TPSA) is 32.3 Å². The molecule has 18 heavy (non-hydrogen) atoms. The number of para-hydroxylation sites is 1. The first-order valence-electron chi connectivity index (χ1n) is 6.90. The first-order chi connectivity index (χ1) is 8.82.